The largest absolute Gasteiger partial charge is 0.573 e. The number of likely N-dealkylation sites (N-methyl/N-ethyl adjacent to an activating group) is 1. The van der Waals surface area contributed by atoms with E-state index < -0.39 is 26.9 Å². The summed E-state index contributed by atoms with van der Waals surface area (Å²) in [5.74, 6) is 0.539. The number of aliphatic hydroxyl groups excluding tert-OH is 1. The molecule has 2 heterocycles. The van der Waals surface area contributed by atoms with Gasteiger partial charge in [-0.1, -0.05) is 25.7 Å². The van der Waals surface area contributed by atoms with Crippen molar-refractivity contribution in [2.75, 3.05) is 33.6 Å². The predicted octanol–water partition coefficient (Wildman–Crippen LogP) is 4.09. The van der Waals surface area contributed by atoms with Gasteiger partial charge in [-0.15, -0.1) is 13.2 Å². The summed E-state index contributed by atoms with van der Waals surface area (Å²) in [5.41, 5.74) is 0.796. The maximum atomic E-state index is 12.7. The van der Waals surface area contributed by atoms with Crippen LogP contribution in [0.3, 0.4) is 0 Å². The monoisotopic (exact) mass is 516 g/mol. The van der Waals surface area contributed by atoms with Crippen LogP contribution < -0.4 is 9.47 Å². The van der Waals surface area contributed by atoms with Crippen molar-refractivity contribution in [3.05, 3.63) is 36.2 Å². The van der Waals surface area contributed by atoms with Crippen molar-refractivity contribution in [2.24, 2.45) is 4.99 Å². The Morgan fingerprint density at radius 2 is 1.94 bits per heavy atom. The molecule has 2 aliphatic rings. The van der Waals surface area contributed by atoms with Crippen LogP contribution in [0.25, 0.3) is 0 Å². The summed E-state index contributed by atoms with van der Waals surface area (Å²) >= 11 is 0. The molecule has 0 bridgehead atoms. The normalized spacial score (nSPS) is 19.3. The first-order valence-corrected chi connectivity index (χ1v) is 15.3. The Morgan fingerprint density at radius 3 is 2.60 bits per heavy atom. The quantitative estimate of drug-likeness (QED) is 0.351. The molecule has 0 amide bonds. The van der Waals surface area contributed by atoms with Crippen LogP contribution in [0.4, 0.5) is 13.2 Å². The second kappa shape index (κ2) is 11.1. The Morgan fingerprint density at radius 1 is 1.23 bits per heavy atom. The molecule has 0 aliphatic carbocycles. The lowest BCUT2D eigenvalue weighted by atomic mass is 10.2. The van der Waals surface area contributed by atoms with Gasteiger partial charge in [-0.3, -0.25) is 4.90 Å². The van der Waals surface area contributed by atoms with E-state index in [1.54, 1.807) is 13.0 Å². The summed E-state index contributed by atoms with van der Waals surface area (Å²) < 4.78 is 54.0. The number of alkyl halides is 3. The van der Waals surface area contributed by atoms with E-state index in [-0.39, 0.29) is 18.2 Å². The van der Waals surface area contributed by atoms with Crippen LogP contribution in [-0.4, -0.2) is 86.1 Å². The molecular weight excluding hydrogens is 481 g/mol. The molecule has 2 unspecified atom stereocenters. The number of halogens is 3. The molecule has 1 aromatic rings. The van der Waals surface area contributed by atoms with Crippen molar-refractivity contribution < 1.29 is 32.5 Å². The van der Waals surface area contributed by atoms with Gasteiger partial charge in [0, 0.05) is 40.5 Å². The number of hydrogen-bond acceptors (Lipinski definition) is 8. The van der Waals surface area contributed by atoms with E-state index in [1.165, 1.54) is 18.2 Å². The summed E-state index contributed by atoms with van der Waals surface area (Å²) in [7, 11) is 0.628. The molecule has 0 aromatic heterocycles. The highest BCUT2D eigenvalue weighted by molar-refractivity contribution is 6.76. The third-order valence-electron chi connectivity index (χ3n) is 5.44. The van der Waals surface area contributed by atoms with Crippen LogP contribution in [-0.2, 0) is 4.74 Å². The minimum Gasteiger partial charge on any atom is -0.450 e. The van der Waals surface area contributed by atoms with Crippen LogP contribution in [0.5, 0.6) is 11.5 Å². The number of aliphatic hydroxyl groups is 1. The molecule has 2 aliphatic heterocycles. The lowest BCUT2D eigenvalue weighted by molar-refractivity contribution is -0.274. The highest BCUT2D eigenvalue weighted by atomic mass is 28.3. The van der Waals surface area contributed by atoms with Gasteiger partial charge in [0.2, 0.25) is 0 Å². The Balaban J connectivity index is 1.79. The highest BCUT2D eigenvalue weighted by Crippen LogP contribution is 2.31. The maximum Gasteiger partial charge on any atom is 0.573 e. The maximum absolute atomic E-state index is 12.7. The summed E-state index contributed by atoms with van der Waals surface area (Å²) in [6, 6.07) is 6.39. The zero-order valence-corrected chi connectivity index (χ0v) is 21.9. The van der Waals surface area contributed by atoms with Gasteiger partial charge in [-0.25, -0.2) is 4.99 Å². The number of benzene rings is 1. The lowest BCUT2D eigenvalue weighted by Crippen LogP contribution is -2.45. The molecular formula is C23H35F3N4O4Si. The van der Waals surface area contributed by atoms with Gasteiger partial charge < -0.3 is 29.1 Å². The molecule has 35 heavy (non-hydrogen) atoms. The first-order valence-electron chi connectivity index (χ1n) is 11.6. The van der Waals surface area contributed by atoms with Gasteiger partial charge in [0.05, 0.1) is 12.8 Å². The Hall–Kier alpha value is -2.44. The molecule has 0 saturated heterocycles. The lowest BCUT2D eigenvalue weighted by Gasteiger charge is -2.36. The van der Waals surface area contributed by atoms with Crippen LogP contribution in [0.1, 0.15) is 13.3 Å². The van der Waals surface area contributed by atoms with Gasteiger partial charge in [0.15, 0.2) is 5.84 Å². The number of nitrogens with zero attached hydrogens (tertiary/aromatic N) is 4. The molecule has 0 radical (unpaired) electrons. The molecule has 0 saturated carbocycles. The molecule has 1 N–H and O–H groups in total. The van der Waals surface area contributed by atoms with Gasteiger partial charge in [0.1, 0.15) is 23.9 Å². The number of hydrogen-bond donors (Lipinski definition) is 1. The second-order valence-electron chi connectivity index (χ2n) is 10.0. The number of amidine groups is 1. The standard InChI is InChI=1S/C23H35F3N4O4Si/c1-17(31)9-10-29-14-20-21(28(2)15-29)27-22(30(20)16-32-11-12-35(3,4)5)33-18-7-6-8-19(13-18)34-23(24,25)26/h6-8,13-14,17,22,31H,9-12,15-16H2,1-5H3. The molecule has 196 valence electrons. The molecule has 8 nitrogen and oxygen atoms in total. The molecule has 2 atom stereocenters. The van der Waals surface area contributed by atoms with Crippen LogP contribution in [0.15, 0.2) is 41.2 Å². The second-order valence-corrected chi connectivity index (χ2v) is 15.7. The van der Waals surface area contributed by atoms with Crippen LogP contribution >= 0.6 is 0 Å². The fraction of sp³-hybridized carbons (Fsp3) is 0.609. The van der Waals surface area contributed by atoms with Crippen molar-refractivity contribution >= 4 is 13.9 Å². The third kappa shape index (κ3) is 8.32. The Bertz CT molecular complexity index is 921. The van der Waals surface area contributed by atoms with E-state index >= 15 is 0 Å². The average Bonchev–Trinajstić information content (AvgIpc) is 3.05. The third-order valence-corrected chi connectivity index (χ3v) is 7.14. The number of ether oxygens (including phenoxy) is 3. The SMILES string of the molecule is CC(O)CCN1C=C2C(=NC(Oc3cccc(OC(F)(F)F)c3)N2COCC[Si](C)(C)C)N(C)C1. The van der Waals surface area contributed by atoms with Gasteiger partial charge in [-0.2, -0.15) is 0 Å². The van der Waals surface area contributed by atoms with Gasteiger partial charge in [-0.05, 0) is 31.5 Å². The Kier molecular flexibility index (Phi) is 8.60. The molecule has 12 heteroatoms. The zero-order valence-electron chi connectivity index (χ0n) is 20.9. The van der Waals surface area contributed by atoms with Gasteiger partial charge >= 0.3 is 6.36 Å². The summed E-state index contributed by atoms with van der Waals surface area (Å²) in [4.78, 5) is 10.6. The van der Waals surface area contributed by atoms with E-state index in [4.69, 9.17) is 14.5 Å². The number of rotatable bonds is 11. The van der Waals surface area contributed by atoms with E-state index in [0.717, 1.165) is 11.7 Å². The average molecular weight is 517 g/mol. The van der Waals surface area contributed by atoms with Crippen LogP contribution in [0, 0.1) is 0 Å². The first kappa shape index (κ1) is 27.1. The summed E-state index contributed by atoms with van der Waals surface area (Å²) in [5, 5.41) is 9.68. The van der Waals surface area contributed by atoms with Crippen molar-refractivity contribution in [3.63, 3.8) is 0 Å². The highest BCUT2D eigenvalue weighted by Gasteiger charge is 2.38. The molecule has 3 rings (SSSR count). The van der Waals surface area contributed by atoms with Crippen molar-refractivity contribution in [2.45, 2.75) is 57.8 Å². The van der Waals surface area contributed by atoms with Crippen LogP contribution in [0.2, 0.25) is 25.7 Å². The van der Waals surface area contributed by atoms with Crippen molar-refractivity contribution in [1.29, 1.82) is 0 Å². The smallest absolute Gasteiger partial charge is 0.450 e. The fourth-order valence-corrected chi connectivity index (χ4v) is 4.34. The topological polar surface area (TPSA) is 70.0 Å². The van der Waals surface area contributed by atoms with E-state index in [2.05, 4.69) is 29.3 Å². The molecule has 0 spiro atoms. The number of aliphatic imine (C=N–C) groups is 1. The van der Waals surface area contributed by atoms with E-state index in [9.17, 15) is 18.3 Å². The van der Waals surface area contributed by atoms with Crippen molar-refractivity contribution in [1.82, 2.24) is 14.7 Å². The zero-order chi connectivity index (χ0) is 25.8. The minimum absolute atomic E-state index is 0.195. The fourth-order valence-electron chi connectivity index (χ4n) is 3.59. The predicted molar refractivity (Wildman–Crippen MR) is 130 cm³/mol. The van der Waals surface area contributed by atoms with Gasteiger partial charge in [0.25, 0.3) is 6.35 Å². The summed E-state index contributed by atoms with van der Waals surface area (Å²) in [6.45, 7) is 10.6. The molecule has 0 fully saturated rings. The minimum atomic E-state index is -4.79. The Labute approximate surface area is 205 Å². The first-order chi connectivity index (χ1) is 16.3. The number of fused-ring (bicyclic) bond motifs is 1. The van der Waals surface area contributed by atoms with Crippen molar-refractivity contribution in [3.8, 4) is 11.5 Å². The van der Waals surface area contributed by atoms with E-state index in [0.29, 0.717) is 32.1 Å². The molecule has 1 aromatic carbocycles. The van der Waals surface area contributed by atoms with E-state index in [1.807, 2.05) is 23.0 Å². The summed E-state index contributed by atoms with van der Waals surface area (Å²) in [6.07, 6.45) is -3.44.